The van der Waals surface area contributed by atoms with Crippen LogP contribution in [-0.4, -0.2) is 41.5 Å². The van der Waals surface area contributed by atoms with E-state index in [9.17, 15) is 9.18 Å². The van der Waals surface area contributed by atoms with Crippen LogP contribution in [0.25, 0.3) is 22.6 Å². The maximum Gasteiger partial charge on any atom is 0.283 e. The Bertz CT molecular complexity index is 1540. The van der Waals surface area contributed by atoms with Gasteiger partial charge in [0.2, 0.25) is 18.5 Å². The molecule has 1 aliphatic heterocycles. The number of hydrogen-bond acceptors (Lipinski definition) is 9. The highest BCUT2D eigenvalue weighted by Crippen LogP contribution is 2.35. The Morgan fingerprint density at radius 3 is 2.76 bits per heavy atom. The largest absolute Gasteiger partial charge is 0.454 e. The highest BCUT2D eigenvalue weighted by atomic mass is 19.1. The van der Waals surface area contributed by atoms with Gasteiger partial charge in [-0.15, -0.1) is 5.10 Å². The van der Waals surface area contributed by atoms with Crippen molar-refractivity contribution in [2.24, 2.45) is 0 Å². The summed E-state index contributed by atoms with van der Waals surface area (Å²) in [5.74, 6) is 1.51. The summed E-state index contributed by atoms with van der Waals surface area (Å²) in [5, 5.41) is 12.0. The molecule has 5 aromatic rings. The number of fused-ring (bicyclic) bond motifs is 2. The third-order valence-corrected chi connectivity index (χ3v) is 5.14. The Kier molecular flexibility index (Phi) is 4.35. The molecule has 3 aromatic heterocycles. The third kappa shape index (κ3) is 3.46. The van der Waals surface area contributed by atoms with Crippen LogP contribution < -0.4 is 15.0 Å². The molecule has 0 saturated carbocycles. The summed E-state index contributed by atoms with van der Waals surface area (Å²) in [7, 11) is 0. The van der Waals surface area contributed by atoms with E-state index in [0.29, 0.717) is 35.1 Å². The first kappa shape index (κ1) is 19.1. The summed E-state index contributed by atoms with van der Waals surface area (Å²) in [6.07, 6.45) is 1.37. The lowest BCUT2D eigenvalue weighted by molar-refractivity contribution is 0.174. The molecular formula is C21H14FN7O4. The highest BCUT2D eigenvalue weighted by molar-refractivity contribution is 5.67. The van der Waals surface area contributed by atoms with E-state index < -0.39 is 5.56 Å². The van der Waals surface area contributed by atoms with E-state index in [4.69, 9.17) is 14.0 Å². The van der Waals surface area contributed by atoms with E-state index in [1.165, 1.54) is 27.7 Å². The zero-order valence-electron chi connectivity index (χ0n) is 16.9. The van der Waals surface area contributed by atoms with E-state index >= 15 is 0 Å². The summed E-state index contributed by atoms with van der Waals surface area (Å²) in [6.45, 7) is 0.489. The van der Waals surface area contributed by atoms with Crippen LogP contribution >= 0.6 is 0 Å². The molecule has 0 amide bonds. The van der Waals surface area contributed by atoms with E-state index in [0.717, 1.165) is 5.56 Å². The molecule has 0 aliphatic carbocycles. The fraction of sp³-hybridized carbons (Fsp3) is 0.143. The van der Waals surface area contributed by atoms with Gasteiger partial charge in [0, 0.05) is 5.56 Å². The molecule has 0 radical (unpaired) electrons. The van der Waals surface area contributed by atoms with Gasteiger partial charge in [-0.2, -0.15) is 4.98 Å². The standard InChI is InChI=1S/C21H14FN7O4/c22-14-4-1-12(2-5-14)8-29-20-18(25-27-29)21(30)28(10-23-20)9-17-24-19(26-33-17)13-3-6-15-16(7-13)32-11-31-15/h1-7,10H,8-9,11H2. The van der Waals surface area contributed by atoms with Crippen LogP contribution in [0, 0.1) is 5.82 Å². The smallest absolute Gasteiger partial charge is 0.283 e. The van der Waals surface area contributed by atoms with Crippen molar-refractivity contribution in [2.75, 3.05) is 6.79 Å². The first-order valence-corrected chi connectivity index (χ1v) is 9.90. The van der Waals surface area contributed by atoms with Gasteiger partial charge in [0.25, 0.3) is 5.56 Å². The number of aromatic nitrogens is 7. The molecule has 0 spiro atoms. The summed E-state index contributed by atoms with van der Waals surface area (Å²) < 4.78 is 31.9. The Morgan fingerprint density at radius 2 is 1.88 bits per heavy atom. The molecule has 0 fully saturated rings. The van der Waals surface area contributed by atoms with Gasteiger partial charge in [0.1, 0.15) is 18.7 Å². The average Bonchev–Trinajstić information content (AvgIpc) is 3.57. The molecule has 1 aliphatic rings. The normalized spacial score (nSPS) is 12.5. The molecule has 0 atom stereocenters. The molecule has 33 heavy (non-hydrogen) atoms. The van der Waals surface area contributed by atoms with E-state index in [1.54, 1.807) is 30.3 Å². The van der Waals surface area contributed by atoms with Gasteiger partial charge in [0.15, 0.2) is 22.7 Å². The molecule has 164 valence electrons. The lowest BCUT2D eigenvalue weighted by atomic mass is 10.2. The van der Waals surface area contributed by atoms with Crippen LogP contribution in [0.3, 0.4) is 0 Å². The Hall–Kier alpha value is -4.61. The minimum absolute atomic E-state index is 0.0180. The second-order valence-corrected chi connectivity index (χ2v) is 7.30. The zero-order valence-corrected chi connectivity index (χ0v) is 16.9. The van der Waals surface area contributed by atoms with E-state index in [-0.39, 0.29) is 30.6 Å². The molecule has 0 unspecified atom stereocenters. The summed E-state index contributed by atoms with van der Waals surface area (Å²) in [4.78, 5) is 21.6. The maximum atomic E-state index is 13.1. The van der Waals surface area contributed by atoms with Crippen molar-refractivity contribution in [3.05, 3.63) is 76.4 Å². The Balaban J connectivity index is 1.25. The van der Waals surface area contributed by atoms with Gasteiger partial charge in [-0.25, -0.2) is 14.1 Å². The van der Waals surface area contributed by atoms with Crippen LogP contribution in [0.5, 0.6) is 11.5 Å². The zero-order chi connectivity index (χ0) is 22.4. The first-order valence-electron chi connectivity index (χ1n) is 9.90. The van der Waals surface area contributed by atoms with Crippen molar-refractivity contribution in [3.63, 3.8) is 0 Å². The van der Waals surface area contributed by atoms with Crippen LogP contribution in [0.2, 0.25) is 0 Å². The number of rotatable bonds is 5. The molecule has 4 heterocycles. The quantitative estimate of drug-likeness (QED) is 0.398. The minimum atomic E-state index is -0.395. The number of halogens is 1. The van der Waals surface area contributed by atoms with Crippen LogP contribution in [-0.2, 0) is 13.1 Å². The third-order valence-electron chi connectivity index (χ3n) is 5.14. The summed E-state index contributed by atoms with van der Waals surface area (Å²) >= 11 is 0. The van der Waals surface area contributed by atoms with Crippen LogP contribution in [0.1, 0.15) is 11.5 Å². The molecule has 11 nitrogen and oxygen atoms in total. The fourth-order valence-corrected chi connectivity index (χ4v) is 3.49. The Labute approximate surface area is 184 Å². The molecule has 0 saturated heterocycles. The summed E-state index contributed by atoms with van der Waals surface area (Å²) in [5.41, 5.74) is 1.53. The molecule has 0 bridgehead atoms. The number of ether oxygens (including phenoxy) is 2. The predicted octanol–water partition coefficient (Wildman–Crippen LogP) is 2.00. The average molecular weight is 447 g/mol. The monoisotopic (exact) mass is 447 g/mol. The maximum absolute atomic E-state index is 13.1. The van der Waals surface area contributed by atoms with Gasteiger partial charge >= 0.3 is 0 Å². The van der Waals surface area contributed by atoms with Gasteiger partial charge in [0.05, 0.1) is 6.54 Å². The molecule has 2 aromatic carbocycles. The highest BCUT2D eigenvalue weighted by Gasteiger charge is 2.18. The van der Waals surface area contributed by atoms with Crippen molar-refractivity contribution < 1.29 is 18.4 Å². The molecule has 0 N–H and O–H groups in total. The number of nitrogens with zero attached hydrogens (tertiary/aromatic N) is 7. The van der Waals surface area contributed by atoms with Crippen molar-refractivity contribution in [1.29, 1.82) is 0 Å². The van der Waals surface area contributed by atoms with E-state index in [2.05, 4.69) is 25.4 Å². The fourth-order valence-electron chi connectivity index (χ4n) is 3.49. The lowest BCUT2D eigenvalue weighted by Crippen LogP contribution is -2.21. The van der Waals surface area contributed by atoms with Gasteiger partial charge < -0.3 is 14.0 Å². The summed E-state index contributed by atoms with van der Waals surface area (Å²) in [6, 6.07) is 11.3. The van der Waals surface area contributed by atoms with Crippen molar-refractivity contribution in [2.45, 2.75) is 13.1 Å². The SMILES string of the molecule is O=c1c2nnn(Cc3ccc(F)cc3)c2ncn1Cc1nc(-c2ccc3c(c2)OCO3)no1. The lowest BCUT2D eigenvalue weighted by Gasteiger charge is -2.03. The molecule has 12 heteroatoms. The number of hydrogen-bond donors (Lipinski definition) is 0. The predicted molar refractivity (Wildman–Crippen MR) is 110 cm³/mol. The second-order valence-electron chi connectivity index (χ2n) is 7.30. The number of benzene rings is 2. The van der Waals surface area contributed by atoms with Gasteiger partial charge in [-0.1, -0.05) is 22.5 Å². The minimum Gasteiger partial charge on any atom is -0.454 e. The molecular weight excluding hydrogens is 433 g/mol. The Morgan fingerprint density at radius 1 is 1.03 bits per heavy atom. The van der Waals surface area contributed by atoms with Gasteiger partial charge in [-0.05, 0) is 35.9 Å². The van der Waals surface area contributed by atoms with Gasteiger partial charge in [-0.3, -0.25) is 9.36 Å². The second kappa shape index (κ2) is 7.51. The van der Waals surface area contributed by atoms with Crippen LogP contribution in [0.15, 0.2) is 58.1 Å². The topological polar surface area (TPSA) is 123 Å². The van der Waals surface area contributed by atoms with Crippen molar-refractivity contribution >= 4 is 11.2 Å². The van der Waals surface area contributed by atoms with Crippen molar-refractivity contribution in [3.8, 4) is 22.9 Å². The molecule has 6 rings (SSSR count). The van der Waals surface area contributed by atoms with Crippen LogP contribution in [0.4, 0.5) is 4.39 Å². The van der Waals surface area contributed by atoms with E-state index in [1.807, 2.05) is 0 Å². The van der Waals surface area contributed by atoms with Crippen molar-refractivity contribution in [1.82, 2.24) is 34.7 Å². The first-order chi connectivity index (χ1) is 16.1.